The molecule has 0 N–H and O–H groups in total. The Labute approximate surface area is 469 Å². The number of allylic oxidation sites excluding steroid dienone is 14. The number of hydrogen-bond donors (Lipinski definition) is 0. The number of quaternary nitrogens is 1. The molecule has 0 aliphatic rings. The van der Waals surface area contributed by atoms with E-state index in [0.29, 0.717) is 17.4 Å². The molecule has 10 heteroatoms. The van der Waals surface area contributed by atoms with Gasteiger partial charge in [-0.15, -0.1) is 0 Å². The number of carbonyl (C=O) groups is 2. The van der Waals surface area contributed by atoms with E-state index in [2.05, 4.69) is 98.9 Å². The second-order valence-electron chi connectivity index (χ2n) is 22.0. The van der Waals surface area contributed by atoms with Crippen LogP contribution in [0.15, 0.2) is 85.1 Å². The van der Waals surface area contributed by atoms with E-state index in [-0.39, 0.29) is 32.0 Å². The lowest BCUT2D eigenvalue weighted by atomic mass is 10.0. The third-order valence-corrected chi connectivity index (χ3v) is 14.4. The van der Waals surface area contributed by atoms with Crippen molar-refractivity contribution in [2.24, 2.45) is 0 Å². The van der Waals surface area contributed by atoms with Crippen LogP contribution in [0.25, 0.3) is 0 Å². The lowest BCUT2D eigenvalue weighted by Gasteiger charge is -2.28. The molecule has 0 rings (SSSR count). The number of rotatable bonds is 57. The van der Waals surface area contributed by atoms with Crippen LogP contribution in [0.5, 0.6) is 0 Å². The summed E-state index contributed by atoms with van der Waals surface area (Å²) in [6.07, 6.45) is 76.4. The molecular weight excluding hydrogens is 966 g/mol. The van der Waals surface area contributed by atoms with Gasteiger partial charge in [0.25, 0.3) is 7.82 Å². The fourth-order valence-electron chi connectivity index (χ4n) is 8.64. The van der Waals surface area contributed by atoms with Gasteiger partial charge in [0.15, 0.2) is 6.10 Å². The van der Waals surface area contributed by atoms with E-state index in [1.54, 1.807) is 0 Å². The summed E-state index contributed by atoms with van der Waals surface area (Å²) in [5, 5.41) is 0. The van der Waals surface area contributed by atoms with Gasteiger partial charge in [0.2, 0.25) is 0 Å². The number of hydrogen-bond acceptors (Lipinski definition) is 8. The third-order valence-electron chi connectivity index (χ3n) is 13.4. The van der Waals surface area contributed by atoms with E-state index in [1.807, 2.05) is 21.1 Å². The first-order valence-electron chi connectivity index (χ1n) is 31.3. The van der Waals surface area contributed by atoms with Gasteiger partial charge >= 0.3 is 11.9 Å². The Morgan fingerprint density at radius 3 is 1.12 bits per heavy atom. The first-order chi connectivity index (χ1) is 37.0. The number of ether oxygens (including phenoxy) is 2. The van der Waals surface area contributed by atoms with Crippen LogP contribution >= 0.6 is 7.82 Å². The van der Waals surface area contributed by atoms with Crippen molar-refractivity contribution < 1.29 is 42.1 Å². The Kier molecular flexibility index (Phi) is 54.8. The van der Waals surface area contributed by atoms with Gasteiger partial charge in [0.1, 0.15) is 19.8 Å². The van der Waals surface area contributed by atoms with Gasteiger partial charge in [-0.1, -0.05) is 272 Å². The van der Waals surface area contributed by atoms with Crippen LogP contribution in [0.3, 0.4) is 0 Å². The zero-order chi connectivity index (χ0) is 55.6. The Morgan fingerprint density at radius 2 is 0.750 bits per heavy atom. The molecule has 2 unspecified atom stereocenters. The van der Waals surface area contributed by atoms with Crippen molar-refractivity contribution in [2.75, 3.05) is 47.5 Å². The van der Waals surface area contributed by atoms with Crippen LogP contribution in [-0.4, -0.2) is 70.0 Å². The Morgan fingerprint density at radius 1 is 0.421 bits per heavy atom. The molecule has 0 aromatic rings. The van der Waals surface area contributed by atoms with Gasteiger partial charge in [-0.2, -0.15) is 0 Å². The molecule has 0 spiro atoms. The largest absolute Gasteiger partial charge is 0.756 e. The predicted octanol–water partition coefficient (Wildman–Crippen LogP) is 19.2. The number of likely N-dealkylation sites (N-methyl/N-ethyl adjacent to an activating group) is 1. The summed E-state index contributed by atoms with van der Waals surface area (Å²) >= 11 is 0. The van der Waals surface area contributed by atoms with Crippen LogP contribution in [0.4, 0.5) is 0 Å². The molecule has 9 nitrogen and oxygen atoms in total. The van der Waals surface area contributed by atoms with E-state index >= 15 is 0 Å². The summed E-state index contributed by atoms with van der Waals surface area (Å²) < 4.78 is 34.2. The van der Waals surface area contributed by atoms with Crippen molar-refractivity contribution in [3.8, 4) is 0 Å². The number of esters is 2. The Hall–Kier alpha value is -2.81. The van der Waals surface area contributed by atoms with Crippen molar-refractivity contribution in [1.82, 2.24) is 0 Å². The first-order valence-corrected chi connectivity index (χ1v) is 32.8. The minimum Gasteiger partial charge on any atom is -0.756 e. The van der Waals surface area contributed by atoms with Crippen LogP contribution in [0, 0.1) is 0 Å². The molecule has 0 aromatic heterocycles. The number of phosphoric ester groups is 1. The fraction of sp³-hybridized carbons (Fsp3) is 0.758. The highest BCUT2D eigenvalue weighted by molar-refractivity contribution is 7.45. The number of carbonyl (C=O) groups excluding carboxylic acids is 2. The normalized spacial score (nSPS) is 13.8. The maximum absolute atomic E-state index is 12.8. The van der Waals surface area contributed by atoms with E-state index in [9.17, 15) is 19.0 Å². The molecule has 76 heavy (non-hydrogen) atoms. The van der Waals surface area contributed by atoms with Crippen molar-refractivity contribution >= 4 is 19.8 Å². The lowest BCUT2D eigenvalue weighted by Crippen LogP contribution is -2.37. The molecule has 0 radical (unpaired) electrons. The highest BCUT2D eigenvalue weighted by Gasteiger charge is 2.22. The molecule has 0 aromatic carbocycles. The quantitative estimate of drug-likeness (QED) is 0.0195. The molecule has 0 saturated heterocycles. The van der Waals surface area contributed by atoms with Crippen molar-refractivity contribution in [2.45, 2.75) is 277 Å². The number of unbranched alkanes of at least 4 members (excludes halogenated alkanes) is 29. The van der Waals surface area contributed by atoms with Gasteiger partial charge in [-0.25, -0.2) is 0 Å². The molecule has 0 aliphatic carbocycles. The molecule has 0 bridgehead atoms. The highest BCUT2D eigenvalue weighted by Crippen LogP contribution is 2.38. The molecule has 0 heterocycles. The second-order valence-corrected chi connectivity index (χ2v) is 23.5. The summed E-state index contributed by atoms with van der Waals surface area (Å²) in [6, 6.07) is 0. The number of nitrogens with zero attached hydrogens (tertiary/aromatic N) is 1. The Bertz CT molecular complexity index is 1560. The molecule has 0 fully saturated rings. The van der Waals surface area contributed by atoms with Crippen LogP contribution < -0.4 is 4.89 Å². The van der Waals surface area contributed by atoms with Crippen molar-refractivity contribution in [1.29, 1.82) is 0 Å². The fourth-order valence-corrected chi connectivity index (χ4v) is 9.37. The highest BCUT2D eigenvalue weighted by atomic mass is 31.2. The van der Waals surface area contributed by atoms with Crippen LogP contribution in [0.2, 0.25) is 0 Å². The van der Waals surface area contributed by atoms with Gasteiger partial charge in [0, 0.05) is 12.8 Å². The molecule has 440 valence electrons. The molecular formula is C66H118NO8P. The SMILES string of the molecule is CC/C=C\C/C=C\C/C=C\C/C=C\C/C=C\C/C=C\C/C=C\CCCCCCCC(=O)OC(COC(=O)CCCCCCCCCCCCCCCCCCCCCCCCCCC)COP(=O)([O-])OCC[N+](C)(C)C. The molecule has 2 atom stereocenters. The third kappa shape index (κ3) is 60.4. The minimum absolute atomic E-state index is 0.0378. The van der Waals surface area contributed by atoms with Crippen LogP contribution in [-0.2, 0) is 32.7 Å². The average Bonchev–Trinajstić information content (AvgIpc) is 3.38. The second kappa shape index (κ2) is 56.9. The minimum atomic E-state index is -4.65. The zero-order valence-corrected chi connectivity index (χ0v) is 50.8. The van der Waals surface area contributed by atoms with Crippen molar-refractivity contribution in [3.63, 3.8) is 0 Å². The summed E-state index contributed by atoms with van der Waals surface area (Å²) in [7, 11) is 1.15. The monoisotopic (exact) mass is 1080 g/mol. The first kappa shape index (κ1) is 73.2. The number of phosphoric acid groups is 1. The van der Waals surface area contributed by atoms with E-state index in [1.165, 1.54) is 141 Å². The smallest absolute Gasteiger partial charge is 0.306 e. The lowest BCUT2D eigenvalue weighted by molar-refractivity contribution is -0.870. The topological polar surface area (TPSA) is 111 Å². The molecule has 0 amide bonds. The summed E-state index contributed by atoms with van der Waals surface area (Å²) in [6.45, 7) is 4.13. The van der Waals surface area contributed by atoms with Gasteiger partial charge < -0.3 is 27.9 Å². The predicted molar refractivity (Wildman–Crippen MR) is 323 cm³/mol. The molecule has 0 saturated carbocycles. The standard InChI is InChI=1S/C66H118NO8P/c1-6-8-10-12-14-16-18-20-22-24-26-28-30-32-33-35-37-39-41-43-45-47-49-51-53-55-57-59-66(69)75-64(63-74-76(70,71)73-61-60-67(3,4)5)62-72-65(68)58-56-54-52-50-48-46-44-42-40-38-36-34-31-29-27-25-23-21-19-17-15-13-11-9-7-2/h8,10,14,16,20,22,26,28,32-33,37,39,43,45,64H,6-7,9,11-13,15,17-19,21,23-25,27,29-31,34-36,38,40-42,44,46-63H2,1-5H3/b10-8-,16-14-,22-20-,28-26-,33-32-,39-37-,45-43-. The van der Waals surface area contributed by atoms with Crippen LogP contribution in [0.1, 0.15) is 271 Å². The van der Waals surface area contributed by atoms with E-state index < -0.39 is 26.5 Å². The maximum atomic E-state index is 12.8. The van der Waals surface area contributed by atoms with Gasteiger partial charge in [-0.3, -0.25) is 14.2 Å². The van der Waals surface area contributed by atoms with Gasteiger partial charge in [-0.05, 0) is 70.6 Å². The average molecular weight is 1080 g/mol. The zero-order valence-electron chi connectivity index (χ0n) is 49.9. The molecule has 0 aliphatic heterocycles. The maximum Gasteiger partial charge on any atom is 0.306 e. The Balaban J connectivity index is 4.18. The summed E-state index contributed by atoms with van der Waals surface area (Å²) in [5.74, 6) is -0.850. The summed E-state index contributed by atoms with van der Waals surface area (Å²) in [4.78, 5) is 38.0. The van der Waals surface area contributed by atoms with Crippen molar-refractivity contribution in [3.05, 3.63) is 85.1 Å². The van der Waals surface area contributed by atoms with Gasteiger partial charge in [0.05, 0.1) is 27.7 Å². The van der Waals surface area contributed by atoms with E-state index in [4.69, 9.17) is 18.5 Å². The summed E-state index contributed by atoms with van der Waals surface area (Å²) in [5.41, 5.74) is 0. The van der Waals surface area contributed by atoms with E-state index in [0.717, 1.165) is 96.3 Å².